The van der Waals surface area contributed by atoms with Crippen LogP contribution in [0.4, 0.5) is 0 Å². The number of rotatable bonds is 7. The lowest BCUT2D eigenvalue weighted by molar-refractivity contribution is 0.0972. The fraction of sp³-hybridized carbons (Fsp3) is 0.333. The molecule has 0 aliphatic heterocycles. The molecule has 0 fully saturated rings. The van der Waals surface area contributed by atoms with Crippen LogP contribution in [0.5, 0.6) is 0 Å². The second-order valence-electron chi connectivity index (χ2n) is 7.19. The molecular formula is C21H25N3O4S. The van der Waals surface area contributed by atoms with Crippen molar-refractivity contribution >= 4 is 15.8 Å². The molecule has 8 heteroatoms. The lowest BCUT2D eigenvalue weighted by Gasteiger charge is -2.16. The van der Waals surface area contributed by atoms with Gasteiger partial charge in [-0.1, -0.05) is 35.5 Å². The van der Waals surface area contributed by atoms with Gasteiger partial charge in [0, 0.05) is 30.5 Å². The van der Waals surface area contributed by atoms with Crippen molar-refractivity contribution in [3.05, 3.63) is 70.4 Å². The first-order chi connectivity index (χ1) is 13.6. The molecule has 2 aromatic heterocycles. The molecule has 1 aromatic carbocycles. The third kappa shape index (κ3) is 4.04. The van der Waals surface area contributed by atoms with Crippen LogP contribution in [0.15, 0.2) is 45.8 Å². The highest BCUT2D eigenvalue weighted by Crippen LogP contribution is 2.23. The molecule has 0 radical (unpaired) electrons. The van der Waals surface area contributed by atoms with Gasteiger partial charge in [-0.2, -0.15) is 4.31 Å². The molecule has 0 saturated heterocycles. The molecular weight excluding hydrogens is 390 g/mol. The Morgan fingerprint density at radius 3 is 2.38 bits per heavy atom. The van der Waals surface area contributed by atoms with E-state index in [9.17, 15) is 13.2 Å². The summed E-state index contributed by atoms with van der Waals surface area (Å²) in [5.74, 6) is -0.0434. The first-order valence-electron chi connectivity index (χ1n) is 9.26. The Morgan fingerprint density at radius 2 is 1.79 bits per heavy atom. The Bertz CT molecular complexity index is 1120. The van der Waals surface area contributed by atoms with Gasteiger partial charge in [0.1, 0.15) is 10.6 Å². The van der Waals surface area contributed by atoms with E-state index >= 15 is 0 Å². The molecule has 2 heterocycles. The Hall–Kier alpha value is -2.71. The summed E-state index contributed by atoms with van der Waals surface area (Å²) in [6.07, 6.45) is 0. The van der Waals surface area contributed by atoms with Crippen molar-refractivity contribution in [1.82, 2.24) is 14.0 Å². The van der Waals surface area contributed by atoms with E-state index in [0.717, 1.165) is 21.3 Å². The normalized spacial score (nSPS) is 11.9. The number of Topliss-reactive ketones (excluding diaryl/α,β-unsaturated/α-hetero) is 1. The van der Waals surface area contributed by atoms with Gasteiger partial charge in [0.25, 0.3) is 0 Å². The predicted molar refractivity (Wildman–Crippen MR) is 110 cm³/mol. The third-order valence-electron chi connectivity index (χ3n) is 5.06. The van der Waals surface area contributed by atoms with Crippen molar-refractivity contribution < 1.29 is 17.7 Å². The van der Waals surface area contributed by atoms with E-state index in [2.05, 4.69) is 9.72 Å². The average molecular weight is 416 g/mol. The lowest BCUT2D eigenvalue weighted by atomic mass is 10.1. The summed E-state index contributed by atoms with van der Waals surface area (Å²) < 4.78 is 33.8. The number of aromatic nitrogens is 2. The number of hydrogen-bond donors (Lipinski definition) is 0. The minimum absolute atomic E-state index is 0.0161. The Morgan fingerprint density at radius 1 is 1.14 bits per heavy atom. The second-order valence-corrected chi connectivity index (χ2v) is 9.18. The summed E-state index contributed by atoms with van der Waals surface area (Å²) in [5, 5.41) is 3.70. The standard InChI is InChI=1S/C21H25N3O4S/c1-14-11-19(16(3)24(14)12-18-9-7-6-8-10-18)20(25)13-23(5)29(26,27)21-15(2)22-28-17(21)4/h6-11H,12-13H2,1-5H3. The summed E-state index contributed by atoms with van der Waals surface area (Å²) in [6, 6.07) is 11.8. The van der Waals surface area contributed by atoms with Gasteiger partial charge in [0.2, 0.25) is 10.0 Å². The molecule has 3 aromatic rings. The van der Waals surface area contributed by atoms with Crippen LogP contribution in [-0.4, -0.2) is 41.8 Å². The van der Waals surface area contributed by atoms with Crippen LogP contribution < -0.4 is 0 Å². The van der Waals surface area contributed by atoms with E-state index in [0.29, 0.717) is 12.1 Å². The van der Waals surface area contributed by atoms with E-state index in [4.69, 9.17) is 4.52 Å². The van der Waals surface area contributed by atoms with E-state index in [1.54, 1.807) is 13.8 Å². The molecule has 0 aliphatic rings. The van der Waals surface area contributed by atoms with Gasteiger partial charge in [-0.25, -0.2) is 8.42 Å². The van der Waals surface area contributed by atoms with E-state index in [1.165, 1.54) is 7.05 Å². The van der Waals surface area contributed by atoms with Gasteiger partial charge >= 0.3 is 0 Å². The fourth-order valence-electron chi connectivity index (χ4n) is 3.46. The number of sulfonamides is 1. The first-order valence-corrected chi connectivity index (χ1v) is 10.7. The van der Waals surface area contributed by atoms with Crippen LogP contribution in [0, 0.1) is 27.7 Å². The summed E-state index contributed by atoms with van der Waals surface area (Å²) >= 11 is 0. The summed E-state index contributed by atoms with van der Waals surface area (Å²) in [7, 11) is -2.48. The number of nitrogens with zero attached hydrogens (tertiary/aromatic N) is 3. The molecule has 0 atom stereocenters. The minimum Gasteiger partial charge on any atom is -0.360 e. The van der Waals surface area contributed by atoms with Crippen LogP contribution in [-0.2, 0) is 16.6 Å². The highest BCUT2D eigenvalue weighted by atomic mass is 32.2. The zero-order chi connectivity index (χ0) is 21.3. The highest BCUT2D eigenvalue weighted by molar-refractivity contribution is 7.89. The van der Waals surface area contributed by atoms with Crippen molar-refractivity contribution in [3.8, 4) is 0 Å². The van der Waals surface area contributed by atoms with Gasteiger partial charge in [-0.15, -0.1) is 0 Å². The predicted octanol–water partition coefficient (Wildman–Crippen LogP) is 3.26. The van der Waals surface area contributed by atoms with Crippen LogP contribution in [0.1, 0.15) is 38.8 Å². The quantitative estimate of drug-likeness (QED) is 0.553. The maximum Gasteiger partial charge on any atom is 0.248 e. The maximum absolute atomic E-state index is 12.9. The molecule has 3 rings (SSSR count). The minimum atomic E-state index is -3.88. The number of aryl methyl sites for hydroxylation is 3. The highest BCUT2D eigenvalue weighted by Gasteiger charge is 2.30. The SMILES string of the molecule is Cc1noc(C)c1S(=O)(=O)N(C)CC(=O)c1cc(C)n(Cc2ccccc2)c1C. The number of carbonyl (C=O) groups is 1. The number of ketones is 1. The lowest BCUT2D eigenvalue weighted by Crippen LogP contribution is -2.33. The van der Waals surface area contributed by atoms with E-state index in [-0.39, 0.29) is 28.7 Å². The maximum atomic E-state index is 12.9. The smallest absolute Gasteiger partial charge is 0.248 e. The van der Waals surface area contributed by atoms with Crippen LogP contribution >= 0.6 is 0 Å². The number of benzene rings is 1. The number of hydrogen-bond acceptors (Lipinski definition) is 5. The molecule has 0 spiro atoms. The summed E-state index contributed by atoms with van der Waals surface area (Å²) in [6.45, 7) is 7.32. The van der Waals surface area contributed by atoms with Crippen molar-refractivity contribution in [2.75, 3.05) is 13.6 Å². The Kier molecular flexibility index (Phi) is 5.77. The second kappa shape index (κ2) is 7.96. The first kappa shape index (κ1) is 21.0. The average Bonchev–Trinajstić information content (AvgIpc) is 3.16. The number of carbonyl (C=O) groups excluding carboxylic acids is 1. The van der Waals surface area contributed by atoms with Gasteiger partial charge in [-0.05, 0) is 39.3 Å². The Balaban J connectivity index is 1.83. The van der Waals surface area contributed by atoms with Crippen LogP contribution in [0.2, 0.25) is 0 Å². The molecule has 0 bridgehead atoms. The van der Waals surface area contributed by atoms with Crippen LogP contribution in [0.3, 0.4) is 0 Å². The van der Waals surface area contributed by atoms with Crippen molar-refractivity contribution in [2.24, 2.45) is 0 Å². The molecule has 154 valence electrons. The van der Waals surface area contributed by atoms with Gasteiger partial charge in [0.05, 0.1) is 6.54 Å². The van der Waals surface area contributed by atoms with Gasteiger partial charge in [0.15, 0.2) is 11.5 Å². The van der Waals surface area contributed by atoms with Crippen molar-refractivity contribution in [1.29, 1.82) is 0 Å². The Labute approximate surface area is 171 Å². The molecule has 0 amide bonds. The zero-order valence-electron chi connectivity index (χ0n) is 17.3. The molecule has 0 unspecified atom stereocenters. The molecule has 7 nitrogen and oxygen atoms in total. The summed E-state index contributed by atoms with van der Waals surface area (Å²) in [5.41, 5.74) is 3.71. The number of likely N-dealkylation sites (N-methyl/N-ethyl adjacent to an activating group) is 1. The van der Waals surface area contributed by atoms with Gasteiger partial charge in [-0.3, -0.25) is 4.79 Å². The molecule has 29 heavy (non-hydrogen) atoms. The zero-order valence-corrected chi connectivity index (χ0v) is 18.1. The third-order valence-corrected chi connectivity index (χ3v) is 7.11. The van der Waals surface area contributed by atoms with Crippen molar-refractivity contribution in [2.45, 2.75) is 39.1 Å². The molecule has 0 saturated carbocycles. The topological polar surface area (TPSA) is 85.4 Å². The van der Waals surface area contributed by atoms with Gasteiger partial charge < -0.3 is 9.09 Å². The molecule has 0 aliphatic carbocycles. The summed E-state index contributed by atoms with van der Waals surface area (Å²) in [4.78, 5) is 12.9. The van der Waals surface area contributed by atoms with Crippen LogP contribution in [0.25, 0.3) is 0 Å². The van der Waals surface area contributed by atoms with Crippen molar-refractivity contribution in [3.63, 3.8) is 0 Å². The fourth-order valence-corrected chi connectivity index (χ4v) is 4.87. The van der Waals surface area contributed by atoms with E-state index in [1.807, 2.05) is 50.2 Å². The molecule has 0 N–H and O–H groups in total. The monoisotopic (exact) mass is 415 g/mol. The van der Waals surface area contributed by atoms with E-state index < -0.39 is 10.0 Å². The largest absolute Gasteiger partial charge is 0.360 e.